The van der Waals surface area contributed by atoms with Crippen molar-refractivity contribution in [2.24, 2.45) is 5.92 Å². The molecule has 1 saturated heterocycles. The van der Waals surface area contributed by atoms with E-state index in [1.807, 2.05) is 0 Å². The van der Waals surface area contributed by atoms with Crippen molar-refractivity contribution in [3.8, 4) is 0 Å². The van der Waals surface area contributed by atoms with Gasteiger partial charge in [-0.05, 0) is 24.1 Å². The molecule has 1 aliphatic heterocycles. The summed E-state index contributed by atoms with van der Waals surface area (Å²) < 4.78 is 38.4. The zero-order chi connectivity index (χ0) is 20.2. The van der Waals surface area contributed by atoms with Gasteiger partial charge in [-0.1, -0.05) is 12.1 Å². The summed E-state index contributed by atoms with van der Waals surface area (Å²) in [6.07, 6.45) is -4.20. The Bertz CT molecular complexity index is 721. The quantitative estimate of drug-likeness (QED) is 0.781. The summed E-state index contributed by atoms with van der Waals surface area (Å²) in [6.45, 7) is 0.413. The fraction of sp³-hybridized carbons (Fsp3) is 0.500. The second kappa shape index (κ2) is 8.41. The first-order valence-corrected chi connectivity index (χ1v) is 8.48. The molecule has 0 aliphatic carbocycles. The molecule has 1 aromatic rings. The van der Waals surface area contributed by atoms with E-state index < -0.39 is 23.6 Å². The highest BCUT2D eigenvalue weighted by Gasteiger charge is 2.36. The highest BCUT2D eigenvalue weighted by molar-refractivity contribution is 5.89. The lowest BCUT2D eigenvalue weighted by Gasteiger charge is -2.21. The maximum absolute atomic E-state index is 12.8. The molecule has 0 saturated carbocycles. The number of aliphatic carboxylic acids is 1. The van der Waals surface area contributed by atoms with Crippen LogP contribution in [0.3, 0.4) is 0 Å². The van der Waals surface area contributed by atoms with Gasteiger partial charge in [-0.15, -0.1) is 0 Å². The molecule has 0 spiro atoms. The van der Waals surface area contributed by atoms with Crippen molar-refractivity contribution >= 4 is 17.8 Å². The third kappa shape index (κ3) is 5.70. The van der Waals surface area contributed by atoms with Crippen LogP contribution in [0.1, 0.15) is 30.4 Å². The Morgan fingerprint density at radius 3 is 2.67 bits per heavy atom. The summed E-state index contributed by atoms with van der Waals surface area (Å²) in [5.74, 6) is -2.07. The van der Waals surface area contributed by atoms with Crippen molar-refractivity contribution in [2.75, 3.05) is 20.1 Å². The topological polar surface area (TPSA) is 77.9 Å². The van der Waals surface area contributed by atoms with E-state index in [2.05, 4.69) is 0 Å². The lowest BCUT2D eigenvalue weighted by molar-refractivity contribution is -0.138. The standard InChI is InChI=1S/C18H21F3N2O4/c1-22(7-3-6-16(25)26)17(27)13-9-15(24)23(11-13)10-12-4-2-5-14(8-12)18(19,20)21/h2,4-5,8,13H,3,6-7,9-11H2,1H3,(H,25,26). The van der Waals surface area contributed by atoms with Gasteiger partial charge in [0.2, 0.25) is 11.8 Å². The molecule has 2 rings (SSSR count). The zero-order valence-electron chi connectivity index (χ0n) is 14.8. The summed E-state index contributed by atoms with van der Waals surface area (Å²) in [7, 11) is 1.55. The molecule has 2 amide bonds. The van der Waals surface area contributed by atoms with Crippen LogP contribution < -0.4 is 0 Å². The van der Waals surface area contributed by atoms with Gasteiger partial charge in [0.1, 0.15) is 0 Å². The number of rotatable bonds is 7. The SMILES string of the molecule is CN(CCCC(=O)O)C(=O)C1CC(=O)N(Cc2cccc(C(F)(F)F)c2)C1. The number of likely N-dealkylation sites (tertiary alicyclic amines) is 1. The number of amides is 2. The van der Waals surface area contributed by atoms with Gasteiger partial charge in [0.05, 0.1) is 11.5 Å². The smallest absolute Gasteiger partial charge is 0.416 e. The Morgan fingerprint density at radius 1 is 1.33 bits per heavy atom. The number of hydrogen-bond donors (Lipinski definition) is 1. The van der Waals surface area contributed by atoms with Crippen LogP contribution in [0, 0.1) is 5.92 Å². The van der Waals surface area contributed by atoms with Crippen molar-refractivity contribution in [1.82, 2.24) is 9.80 Å². The van der Waals surface area contributed by atoms with Gasteiger partial charge in [-0.25, -0.2) is 0 Å². The lowest BCUT2D eigenvalue weighted by Crippen LogP contribution is -2.35. The second-order valence-electron chi connectivity index (χ2n) is 6.63. The van der Waals surface area contributed by atoms with Gasteiger partial charge >= 0.3 is 12.1 Å². The maximum Gasteiger partial charge on any atom is 0.416 e. The Labute approximate surface area is 154 Å². The number of carboxylic acids is 1. The van der Waals surface area contributed by atoms with Crippen molar-refractivity contribution in [3.05, 3.63) is 35.4 Å². The molecule has 1 atom stereocenters. The molecular formula is C18H21F3N2O4. The summed E-state index contributed by atoms with van der Waals surface area (Å²) >= 11 is 0. The van der Waals surface area contributed by atoms with Crippen LogP contribution in [0.5, 0.6) is 0 Å². The highest BCUT2D eigenvalue weighted by Crippen LogP contribution is 2.30. The lowest BCUT2D eigenvalue weighted by atomic mass is 10.1. The van der Waals surface area contributed by atoms with E-state index in [4.69, 9.17) is 5.11 Å². The molecule has 0 radical (unpaired) electrons. The van der Waals surface area contributed by atoms with Gasteiger partial charge in [0.25, 0.3) is 0 Å². The summed E-state index contributed by atoms with van der Waals surface area (Å²) in [6, 6.07) is 4.77. The first-order valence-electron chi connectivity index (χ1n) is 8.48. The number of benzene rings is 1. The van der Waals surface area contributed by atoms with E-state index >= 15 is 0 Å². The minimum atomic E-state index is -4.46. The highest BCUT2D eigenvalue weighted by atomic mass is 19.4. The van der Waals surface area contributed by atoms with Gasteiger partial charge in [-0.3, -0.25) is 14.4 Å². The molecule has 1 fully saturated rings. The average Bonchev–Trinajstić information content (AvgIpc) is 2.94. The molecule has 1 unspecified atom stereocenters. The van der Waals surface area contributed by atoms with Crippen molar-refractivity contribution in [1.29, 1.82) is 0 Å². The summed E-state index contributed by atoms with van der Waals surface area (Å²) in [4.78, 5) is 37.9. The third-order valence-electron chi connectivity index (χ3n) is 4.45. The first kappa shape index (κ1) is 20.7. The van der Waals surface area contributed by atoms with Crippen LogP contribution in [-0.2, 0) is 27.1 Å². The third-order valence-corrected chi connectivity index (χ3v) is 4.45. The first-order chi connectivity index (χ1) is 12.6. The molecular weight excluding hydrogens is 365 g/mol. The van der Waals surface area contributed by atoms with Gasteiger partial charge in [-0.2, -0.15) is 13.2 Å². The molecule has 1 aliphatic rings. The van der Waals surface area contributed by atoms with E-state index in [0.717, 1.165) is 12.1 Å². The minimum absolute atomic E-state index is 0.00106. The molecule has 27 heavy (non-hydrogen) atoms. The number of carboxylic acid groups (broad SMARTS) is 1. The molecule has 1 N–H and O–H groups in total. The number of carbonyl (C=O) groups is 3. The monoisotopic (exact) mass is 386 g/mol. The van der Waals surface area contributed by atoms with Crippen molar-refractivity contribution < 1.29 is 32.7 Å². The van der Waals surface area contributed by atoms with Crippen LogP contribution in [-0.4, -0.2) is 52.8 Å². The van der Waals surface area contributed by atoms with E-state index in [9.17, 15) is 27.6 Å². The van der Waals surface area contributed by atoms with Gasteiger partial charge < -0.3 is 14.9 Å². The molecule has 1 aromatic carbocycles. The number of hydrogen-bond acceptors (Lipinski definition) is 3. The minimum Gasteiger partial charge on any atom is -0.481 e. The van der Waals surface area contributed by atoms with Crippen LogP contribution in [0.4, 0.5) is 13.2 Å². The van der Waals surface area contributed by atoms with Crippen molar-refractivity contribution in [3.63, 3.8) is 0 Å². The van der Waals surface area contributed by atoms with Crippen LogP contribution in [0.25, 0.3) is 0 Å². The number of halogens is 3. The molecule has 1 heterocycles. The molecule has 6 nitrogen and oxygen atoms in total. The summed E-state index contributed by atoms with van der Waals surface area (Å²) in [5.41, 5.74) is -0.432. The van der Waals surface area contributed by atoms with E-state index in [1.165, 1.54) is 21.9 Å². The Kier molecular flexibility index (Phi) is 6.45. The van der Waals surface area contributed by atoms with E-state index in [0.29, 0.717) is 12.0 Å². The number of carbonyl (C=O) groups excluding carboxylic acids is 2. The maximum atomic E-state index is 12.8. The van der Waals surface area contributed by atoms with Gasteiger partial charge in [0, 0.05) is 39.5 Å². The van der Waals surface area contributed by atoms with Crippen molar-refractivity contribution in [2.45, 2.75) is 32.0 Å². The van der Waals surface area contributed by atoms with Crippen LogP contribution in [0.2, 0.25) is 0 Å². The predicted octanol–water partition coefficient (Wildman–Crippen LogP) is 2.38. The fourth-order valence-electron chi connectivity index (χ4n) is 3.05. The second-order valence-corrected chi connectivity index (χ2v) is 6.63. The Hall–Kier alpha value is -2.58. The molecule has 9 heteroatoms. The fourth-order valence-corrected chi connectivity index (χ4v) is 3.05. The Balaban J connectivity index is 1.95. The number of nitrogens with zero attached hydrogens (tertiary/aromatic N) is 2. The van der Waals surface area contributed by atoms with Gasteiger partial charge in [0.15, 0.2) is 0 Å². The predicted molar refractivity (Wildman–Crippen MR) is 89.5 cm³/mol. The van der Waals surface area contributed by atoms with E-state index in [1.54, 1.807) is 7.05 Å². The molecule has 0 bridgehead atoms. The van der Waals surface area contributed by atoms with Crippen LogP contribution >= 0.6 is 0 Å². The Morgan fingerprint density at radius 2 is 2.04 bits per heavy atom. The average molecular weight is 386 g/mol. The normalized spacial score (nSPS) is 17.3. The molecule has 0 aromatic heterocycles. The largest absolute Gasteiger partial charge is 0.481 e. The van der Waals surface area contributed by atoms with E-state index in [-0.39, 0.29) is 44.3 Å². The van der Waals surface area contributed by atoms with Crippen LogP contribution in [0.15, 0.2) is 24.3 Å². The molecule has 148 valence electrons. The number of alkyl halides is 3. The zero-order valence-corrected chi connectivity index (χ0v) is 14.8. The summed E-state index contributed by atoms with van der Waals surface area (Å²) in [5, 5.41) is 8.63.